The Hall–Kier alpha value is -1.90. The summed E-state index contributed by atoms with van der Waals surface area (Å²) < 4.78 is 26.6. The summed E-state index contributed by atoms with van der Waals surface area (Å²) >= 11 is 1.33. The minimum atomic E-state index is -3.46. The molecule has 1 aromatic carbocycles. The van der Waals surface area contributed by atoms with Crippen LogP contribution in [0.25, 0.3) is 0 Å². The van der Waals surface area contributed by atoms with E-state index < -0.39 is 10.0 Å². The maximum atomic E-state index is 12.6. The fourth-order valence-electron chi connectivity index (χ4n) is 3.14. The van der Waals surface area contributed by atoms with E-state index in [1.54, 1.807) is 24.1 Å². The van der Waals surface area contributed by atoms with Crippen LogP contribution in [0.4, 0.5) is 0 Å². The Kier molecular flexibility index (Phi) is 6.74. The van der Waals surface area contributed by atoms with Crippen molar-refractivity contribution >= 4 is 27.7 Å². The highest BCUT2D eigenvalue weighted by Gasteiger charge is 2.27. The van der Waals surface area contributed by atoms with Gasteiger partial charge >= 0.3 is 0 Å². The summed E-state index contributed by atoms with van der Waals surface area (Å²) in [5.74, 6) is 0.00409. The van der Waals surface area contributed by atoms with Crippen LogP contribution in [-0.4, -0.2) is 53.9 Å². The van der Waals surface area contributed by atoms with E-state index in [9.17, 15) is 13.2 Å². The fraction of sp³-hybridized carbons (Fsp3) is 0.400. The van der Waals surface area contributed by atoms with Crippen molar-refractivity contribution in [2.45, 2.75) is 41.5 Å². The van der Waals surface area contributed by atoms with Gasteiger partial charge in [-0.15, -0.1) is 0 Å². The number of hydrogen-bond donors (Lipinski definition) is 0. The number of nitrogens with zero attached hydrogens (tertiary/aromatic N) is 3. The van der Waals surface area contributed by atoms with Gasteiger partial charge in [-0.3, -0.25) is 4.79 Å². The minimum absolute atomic E-state index is 0.00409. The van der Waals surface area contributed by atoms with Crippen LogP contribution in [0.5, 0.6) is 0 Å². The molecule has 2 aromatic rings. The van der Waals surface area contributed by atoms with Gasteiger partial charge in [0.2, 0.25) is 15.9 Å². The lowest BCUT2D eigenvalue weighted by Gasteiger charge is -2.21. The van der Waals surface area contributed by atoms with Gasteiger partial charge in [0, 0.05) is 32.9 Å². The molecule has 0 spiro atoms. The van der Waals surface area contributed by atoms with Crippen molar-refractivity contribution in [1.82, 2.24) is 14.2 Å². The van der Waals surface area contributed by atoms with E-state index in [0.717, 1.165) is 18.4 Å². The quantitative estimate of drug-likeness (QED) is 0.645. The van der Waals surface area contributed by atoms with Gasteiger partial charge in [0.25, 0.3) is 0 Å². The van der Waals surface area contributed by atoms with E-state index in [1.807, 2.05) is 37.3 Å². The number of hydrogen-bond acceptors (Lipinski definition) is 5. The predicted octanol–water partition coefficient (Wildman–Crippen LogP) is 3.01. The summed E-state index contributed by atoms with van der Waals surface area (Å²) in [7, 11) is -1.68. The van der Waals surface area contributed by atoms with Gasteiger partial charge in [0.05, 0.1) is 10.3 Å². The Labute approximate surface area is 171 Å². The third-order valence-corrected chi connectivity index (χ3v) is 7.62. The second kappa shape index (κ2) is 9.07. The number of sulfonamides is 1. The van der Waals surface area contributed by atoms with E-state index in [1.165, 1.54) is 22.3 Å². The van der Waals surface area contributed by atoms with Gasteiger partial charge in [-0.25, -0.2) is 13.4 Å². The van der Waals surface area contributed by atoms with Crippen LogP contribution < -0.4 is 0 Å². The van der Waals surface area contributed by atoms with E-state index >= 15 is 0 Å². The molecule has 1 aliphatic rings. The molecule has 0 N–H and O–H groups in total. The minimum Gasteiger partial charge on any atom is -0.340 e. The normalized spacial score (nSPS) is 16.1. The molecule has 1 aromatic heterocycles. The summed E-state index contributed by atoms with van der Waals surface area (Å²) in [6.45, 7) is 3.52. The maximum absolute atomic E-state index is 12.6. The number of carbonyl (C=O) groups is 1. The van der Waals surface area contributed by atoms with Crippen LogP contribution in [0.1, 0.15) is 25.3 Å². The number of amides is 1. The van der Waals surface area contributed by atoms with Gasteiger partial charge in [-0.1, -0.05) is 42.1 Å². The summed E-state index contributed by atoms with van der Waals surface area (Å²) in [5, 5.41) is 0.316. The van der Waals surface area contributed by atoms with Crippen LogP contribution in [0, 0.1) is 0 Å². The molecule has 28 heavy (non-hydrogen) atoms. The molecular formula is C20H25N3O3S2. The maximum Gasteiger partial charge on any atom is 0.244 e. The predicted molar refractivity (Wildman–Crippen MR) is 110 cm³/mol. The van der Waals surface area contributed by atoms with Gasteiger partial charge in [0.1, 0.15) is 4.90 Å². The molecule has 0 unspecified atom stereocenters. The van der Waals surface area contributed by atoms with Crippen molar-refractivity contribution in [1.29, 1.82) is 0 Å². The Morgan fingerprint density at radius 3 is 2.46 bits per heavy atom. The largest absolute Gasteiger partial charge is 0.340 e. The molecule has 0 radical (unpaired) electrons. The molecule has 0 saturated carbocycles. The van der Waals surface area contributed by atoms with E-state index in [-0.39, 0.29) is 16.1 Å². The second-order valence-electron chi connectivity index (χ2n) is 6.88. The van der Waals surface area contributed by atoms with Crippen LogP contribution in [0.15, 0.2) is 58.6 Å². The molecule has 0 bridgehead atoms. The topological polar surface area (TPSA) is 70.6 Å². The monoisotopic (exact) mass is 419 g/mol. The third kappa shape index (κ3) is 4.92. The first-order valence-electron chi connectivity index (χ1n) is 9.29. The average Bonchev–Trinajstić information content (AvgIpc) is 3.24. The van der Waals surface area contributed by atoms with Gasteiger partial charge in [-0.2, -0.15) is 4.31 Å². The van der Waals surface area contributed by atoms with Crippen molar-refractivity contribution in [2.75, 3.05) is 20.1 Å². The highest BCUT2D eigenvalue weighted by molar-refractivity contribution is 8.00. The molecule has 1 atom stereocenters. The summed E-state index contributed by atoms with van der Waals surface area (Å²) in [6.07, 6.45) is 3.19. The zero-order valence-electron chi connectivity index (χ0n) is 16.1. The van der Waals surface area contributed by atoms with Crippen molar-refractivity contribution in [2.24, 2.45) is 0 Å². The molecule has 1 aliphatic heterocycles. The molecule has 2 heterocycles. The number of thioether (sulfide) groups is 1. The lowest BCUT2D eigenvalue weighted by atomic mass is 10.2. The Morgan fingerprint density at radius 2 is 1.86 bits per heavy atom. The Balaban J connectivity index is 1.60. The summed E-state index contributed by atoms with van der Waals surface area (Å²) in [6, 6.07) is 13.1. The SMILES string of the molecule is C[C@H](Sc1ccc(S(=O)(=O)N2CCCC2)cn1)C(=O)N(C)Cc1ccccc1. The Morgan fingerprint density at radius 1 is 1.18 bits per heavy atom. The van der Waals surface area contributed by atoms with Gasteiger partial charge < -0.3 is 4.90 Å². The number of pyridine rings is 1. The number of rotatable bonds is 7. The van der Waals surface area contributed by atoms with Crippen LogP contribution >= 0.6 is 11.8 Å². The van der Waals surface area contributed by atoms with Crippen LogP contribution in [-0.2, 0) is 21.4 Å². The lowest BCUT2D eigenvalue weighted by molar-refractivity contribution is -0.129. The van der Waals surface area contributed by atoms with Gasteiger partial charge in [-0.05, 0) is 37.5 Å². The average molecular weight is 420 g/mol. The first-order valence-corrected chi connectivity index (χ1v) is 11.6. The number of carbonyl (C=O) groups excluding carboxylic acids is 1. The van der Waals surface area contributed by atoms with Crippen molar-refractivity contribution in [3.63, 3.8) is 0 Å². The van der Waals surface area contributed by atoms with Crippen LogP contribution in [0.3, 0.4) is 0 Å². The lowest BCUT2D eigenvalue weighted by Crippen LogP contribution is -2.32. The highest BCUT2D eigenvalue weighted by Crippen LogP contribution is 2.25. The zero-order valence-corrected chi connectivity index (χ0v) is 17.7. The second-order valence-corrected chi connectivity index (χ2v) is 10.2. The van der Waals surface area contributed by atoms with Crippen molar-refractivity contribution < 1.29 is 13.2 Å². The molecular weight excluding hydrogens is 394 g/mol. The molecule has 6 nitrogen and oxygen atoms in total. The molecule has 150 valence electrons. The molecule has 1 saturated heterocycles. The first-order chi connectivity index (χ1) is 13.4. The van der Waals surface area contributed by atoms with Gasteiger partial charge in [0.15, 0.2) is 0 Å². The highest BCUT2D eigenvalue weighted by atomic mass is 32.2. The number of aromatic nitrogens is 1. The Bertz CT molecular complexity index is 896. The van der Waals surface area contributed by atoms with Crippen LogP contribution in [0.2, 0.25) is 0 Å². The van der Waals surface area contributed by atoms with Crippen molar-refractivity contribution in [3.8, 4) is 0 Å². The smallest absolute Gasteiger partial charge is 0.244 e. The van der Waals surface area contributed by atoms with E-state index in [4.69, 9.17) is 0 Å². The third-order valence-electron chi connectivity index (χ3n) is 4.70. The molecule has 8 heteroatoms. The van der Waals surface area contributed by atoms with E-state index in [0.29, 0.717) is 24.7 Å². The standard InChI is InChI=1S/C20H25N3O3S2/c1-16(20(24)22(2)15-17-8-4-3-5-9-17)27-19-11-10-18(14-21-19)28(25,26)23-12-6-7-13-23/h3-5,8-11,14,16H,6-7,12-13,15H2,1-2H3/t16-/m0/s1. The fourth-order valence-corrected chi connectivity index (χ4v) is 5.51. The molecule has 1 fully saturated rings. The summed E-state index contributed by atoms with van der Waals surface area (Å²) in [5.41, 5.74) is 1.07. The molecule has 1 amide bonds. The van der Waals surface area contributed by atoms with Crippen molar-refractivity contribution in [3.05, 3.63) is 54.2 Å². The van der Waals surface area contributed by atoms with E-state index in [2.05, 4.69) is 4.98 Å². The summed E-state index contributed by atoms with van der Waals surface area (Å²) in [4.78, 5) is 18.8. The first kappa shape index (κ1) is 20.8. The zero-order chi connectivity index (χ0) is 20.1. The number of benzene rings is 1. The molecule has 0 aliphatic carbocycles. The molecule has 3 rings (SSSR count).